The van der Waals surface area contributed by atoms with E-state index in [-0.39, 0.29) is 12.2 Å². The topological polar surface area (TPSA) is 26.3 Å². The lowest BCUT2D eigenvalue weighted by atomic mass is 10.1. The van der Waals surface area contributed by atoms with E-state index < -0.39 is 17.4 Å². The number of carbonyl (C=O) groups excluding carboxylic acids is 1. The van der Waals surface area contributed by atoms with Crippen LogP contribution in [0.4, 0.5) is 8.78 Å². The lowest BCUT2D eigenvalue weighted by Gasteiger charge is -2.06. The number of halogens is 3. The molecule has 0 N–H and O–H groups in total. The average Bonchev–Trinajstić information content (AvgIpc) is 2.36. The molecule has 0 fully saturated rings. The van der Waals surface area contributed by atoms with Crippen LogP contribution in [0.3, 0.4) is 0 Å². The molecule has 19 heavy (non-hydrogen) atoms. The number of rotatable bonds is 4. The molecule has 0 spiro atoms. The predicted octanol–water partition coefficient (Wildman–Crippen LogP) is 3.88. The summed E-state index contributed by atoms with van der Waals surface area (Å²) in [5.41, 5.74) is -0.205. The normalized spacial score (nSPS) is 10.3. The molecule has 0 atom stereocenters. The van der Waals surface area contributed by atoms with Crippen molar-refractivity contribution in [2.24, 2.45) is 0 Å². The lowest BCUT2D eigenvalue weighted by molar-refractivity contribution is 0.0917. The Labute approximate surface area is 113 Å². The van der Waals surface area contributed by atoms with Crippen molar-refractivity contribution in [3.63, 3.8) is 0 Å². The fourth-order valence-electron chi connectivity index (χ4n) is 1.50. The van der Waals surface area contributed by atoms with Crippen molar-refractivity contribution >= 4 is 17.4 Å². The monoisotopic (exact) mass is 282 g/mol. The van der Waals surface area contributed by atoms with Crippen LogP contribution in [0.15, 0.2) is 42.5 Å². The molecule has 2 aromatic rings. The molecule has 0 aromatic heterocycles. The zero-order valence-electron chi connectivity index (χ0n) is 9.70. The van der Waals surface area contributed by atoms with Crippen LogP contribution in [0.5, 0.6) is 5.75 Å². The van der Waals surface area contributed by atoms with E-state index >= 15 is 0 Å². The summed E-state index contributed by atoms with van der Waals surface area (Å²) in [5.74, 6) is -1.80. The largest absolute Gasteiger partial charge is 0.485 e. The smallest absolute Gasteiger partial charge is 0.203 e. The minimum Gasteiger partial charge on any atom is -0.485 e. The first-order valence-electron chi connectivity index (χ1n) is 5.43. The Kier molecular flexibility index (Phi) is 4.12. The van der Waals surface area contributed by atoms with Crippen molar-refractivity contribution in [1.29, 1.82) is 0 Å². The Hall–Kier alpha value is -1.94. The van der Waals surface area contributed by atoms with Gasteiger partial charge in [0.25, 0.3) is 0 Å². The van der Waals surface area contributed by atoms with Crippen LogP contribution in [-0.2, 0) is 0 Å². The van der Waals surface area contributed by atoms with Gasteiger partial charge in [-0.3, -0.25) is 4.79 Å². The molecule has 0 unspecified atom stereocenters. The van der Waals surface area contributed by atoms with Crippen molar-refractivity contribution in [3.05, 3.63) is 64.7 Å². The molecule has 2 aromatic carbocycles. The number of ether oxygens (including phenoxy) is 1. The molecule has 2 rings (SSSR count). The zero-order chi connectivity index (χ0) is 13.8. The molecular weight excluding hydrogens is 274 g/mol. The van der Waals surface area contributed by atoms with Crippen molar-refractivity contribution in [2.75, 3.05) is 6.61 Å². The fraction of sp³-hybridized carbons (Fsp3) is 0.0714. The van der Waals surface area contributed by atoms with Gasteiger partial charge in [0.15, 0.2) is 6.61 Å². The number of ketones is 1. The van der Waals surface area contributed by atoms with Crippen LogP contribution in [0.2, 0.25) is 5.02 Å². The summed E-state index contributed by atoms with van der Waals surface area (Å²) in [6.45, 7) is -0.344. The summed E-state index contributed by atoms with van der Waals surface area (Å²) in [4.78, 5) is 11.7. The van der Waals surface area contributed by atoms with Crippen LogP contribution >= 0.6 is 11.6 Å². The molecule has 0 aliphatic rings. The van der Waals surface area contributed by atoms with Gasteiger partial charge in [0.1, 0.15) is 17.4 Å². The van der Waals surface area contributed by atoms with Gasteiger partial charge in [0.05, 0.1) is 5.56 Å². The maximum absolute atomic E-state index is 13.4. The third-order valence-corrected chi connectivity index (χ3v) is 2.63. The van der Waals surface area contributed by atoms with Crippen molar-refractivity contribution in [3.8, 4) is 5.75 Å². The van der Waals surface area contributed by atoms with Crippen LogP contribution in [0.1, 0.15) is 10.4 Å². The summed E-state index contributed by atoms with van der Waals surface area (Å²) < 4.78 is 31.3. The molecule has 0 saturated heterocycles. The average molecular weight is 283 g/mol. The second-order valence-electron chi connectivity index (χ2n) is 3.79. The summed E-state index contributed by atoms with van der Waals surface area (Å²) in [7, 11) is 0. The van der Waals surface area contributed by atoms with E-state index in [9.17, 15) is 13.6 Å². The molecule has 0 aliphatic heterocycles. The third-order valence-electron chi connectivity index (χ3n) is 2.40. The quantitative estimate of drug-likeness (QED) is 0.796. The summed E-state index contributed by atoms with van der Waals surface area (Å²) in [6.07, 6.45) is 0. The van der Waals surface area contributed by atoms with Gasteiger partial charge in [-0.15, -0.1) is 0 Å². The van der Waals surface area contributed by atoms with Gasteiger partial charge in [0.2, 0.25) is 5.78 Å². The Bertz CT molecular complexity index is 614. The summed E-state index contributed by atoms with van der Waals surface area (Å²) >= 11 is 5.75. The minimum absolute atomic E-state index is 0.205. The molecule has 0 bridgehead atoms. The minimum atomic E-state index is -0.903. The number of Topliss-reactive ketones (excluding diaryl/α,β-unsaturated/α-hetero) is 1. The highest BCUT2D eigenvalue weighted by Gasteiger charge is 2.13. The SMILES string of the molecule is O=C(COc1cccc(Cl)c1)c1ccc(F)cc1F. The second-order valence-corrected chi connectivity index (χ2v) is 4.23. The highest BCUT2D eigenvalue weighted by Crippen LogP contribution is 2.18. The number of hydrogen-bond acceptors (Lipinski definition) is 2. The zero-order valence-corrected chi connectivity index (χ0v) is 10.5. The van der Waals surface area contributed by atoms with E-state index in [1.54, 1.807) is 18.2 Å². The highest BCUT2D eigenvalue weighted by atomic mass is 35.5. The lowest BCUT2D eigenvalue weighted by Crippen LogP contribution is -2.13. The van der Waals surface area contributed by atoms with Gasteiger partial charge in [-0.05, 0) is 30.3 Å². The van der Waals surface area contributed by atoms with Gasteiger partial charge in [-0.1, -0.05) is 17.7 Å². The van der Waals surface area contributed by atoms with Gasteiger partial charge < -0.3 is 4.74 Å². The Balaban J connectivity index is 2.05. The molecule has 5 heteroatoms. The number of carbonyl (C=O) groups is 1. The Morgan fingerprint density at radius 2 is 1.95 bits per heavy atom. The molecule has 2 nitrogen and oxygen atoms in total. The molecule has 0 saturated carbocycles. The molecular formula is C14H9ClF2O2. The number of hydrogen-bond donors (Lipinski definition) is 0. The van der Waals surface area contributed by atoms with Crippen LogP contribution in [-0.4, -0.2) is 12.4 Å². The molecule has 0 aliphatic carbocycles. The first-order chi connectivity index (χ1) is 9.06. The predicted molar refractivity (Wildman–Crippen MR) is 67.6 cm³/mol. The Morgan fingerprint density at radius 3 is 2.63 bits per heavy atom. The standard InChI is InChI=1S/C14H9ClF2O2/c15-9-2-1-3-11(6-9)19-8-14(18)12-5-4-10(16)7-13(12)17/h1-7H,8H2. The maximum atomic E-state index is 13.4. The molecule has 0 heterocycles. The van der Waals surface area contributed by atoms with E-state index in [0.29, 0.717) is 16.8 Å². The summed E-state index contributed by atoms with van der Waals surface area (Å²) in [6, 6.07) is 9.27. The fourth-order valence-corrected chi connectivity index (χ4v) is 1.68. The van der Waals surface area contributed by atoms with E-state index in [0.717, 1.165) is 12.1 Å². The van der Waals surface area contributed by atoms with Crippen LogP contribution in [0, 0.1) is 11.6 Å². The van der Waals surface area contributed by atoms with Crippen LogP contribution < -0.4 is 4.74 Å². The van der Waals surface area contributed by atoms with Gasteiger partial charge >= 0.3 is 0 Å². The molecule has 0 radical (unpaired) electrons. The van der Waals surface area contributed by atoms with Crippen molar-refractivity contribution < 1.29 is 18.3 Å². The van der Waals surface area contributed by atoms with E-state index in [1.807, 2.05) is 0 Å². The van der Waals surface area contributed by atoms with Crippen LogP contribution in [0.25, 0.3) is 0 Å². The first kappa shape index (κ1) is 13.5. The van der Waals surface area contributed by atoms with Crippen molar-refractivity contribution in [1.82, 2.24) is 0 Å². The summed E-state index contributed by atoms with van der Waals surface area (Å²) in [5, 5.41) is 0.470. The number of benzene rings is 2. The second kappa shape index (κ2) is 5.80. The molecule has 98 valence electrons. The third kappa shape index (κ3) is 3.51. The molecule has 0 amide bonds. The van der Waals surface area contributed by atoms with Crippen molar-refractivity contribution in [2.45, 2.75) is 0 Å². The van der Waals surface area contributed by atoms with E-state index in [4.69, 9.17) is 16.3 Å². The Morgan fingerprint density at radius 1 is 1.16 bits per heavy atom. The van der Waals surface area contributed by atoms with Gasteiger partial charge in [-0.2, -0.15) is 0 Å². The van der Waals surface area contributed by atoms with E-state index in [1.165, 1.54) is 6.07 Å². The van der Waals surface area contributed by atoms with E-state index in [2.05, 4.69) is 0 Å². The highest BCUT2D eigenvalue weighted by molar-refractivity contribution is 6.30. The first-order valence-corrected chi connectivity index (χ1v) is 5.80. The van der Waals surface area contributed by atoms with Gasteiger partial charge in [0, 0.05) is 11.1 Å². The maximum Gasteiger partial charge on any atom is 0.203 e. The van der Waals surface area contributed by atoms with Gasteiger partial charge in [-0.25, -0.2) is 8.78 Å².